The summed E-state index contributed by atoms with van der Waals surface area (Å²) in [5.74, 6) is 0.381. The van der Waals surface area contributed by atoms with Crippen LogP contribution in [0.1, 0.15) is 22.3 Å². The molecule has 0 aliphatic heterocycles. The van der Waals surface area contributed by atoms with E-state index in [1.54, 1.807) is 36.4 Å². The van der Waals surface area contributed by atoms with Crippen molar-refractivity contribution < 1.29 is 52.7 Å². The number of fused-ring (bicyclic) bond motifs is 6. The van der Waals surface area contributed by atoms with E-state index in [4.69, 9.17) is 9.97 Å². The number of aromatic nitrogens is 4. The van der Waals surface area contributed by atoms with Gasteiger partial charge in [0.05, 0.1) is 61.4 Å². The van der Waals surface area contributed by atoms with Crippen LogP contribution in [0, 0.1) is 0 Å². The Kier molecular flexibility index (Phi) is 12.6. The highest BCUT2D eigenvalue weighted by atomic mass is 19.4. The summed E-state index contributed by atoms with van der Waals surface area (Å²) >= 11 is 0. The van der Waals surface area contributed by atoms with Crippen LogP contribution >= 0.6 is 0 Å². The minimum atomic E-state index is -5.07. The van der Waals surface area contributed by atoms with Crippen molar-refractivity contribution in [2.45, 2.75) is 24.7 Å². The Morgan fingerprint density at radius 1 is 0.262 bits per heavy atom. The molecule has 3 heterocycles. The number of alkyl halides is 12. The van der Waals surface area contributed by atoms with E-state index in [2.05, 4.69) is 0 Å². The van der Waals surface area contributed by atoms with E-state index < -0.39 is 47.0 Å². The van der Waals surface area contributed by atoms with Gasteiger partial charge >= 0.3 is 24.7 Å². The molecule has 0 spiro atoms. The monoisotopic (exact) mass is 1140 g/mol. The fraction of sp³-hybridized carbons (Fsp3) is 0.0588. The zero-order valence-electron chi connectivity index (χ0n) is 43.3. The van der Waals surface area contributed by atoms with E-state index in [9.17, 15) is 52.7 Å². The number of hydrogen-bond donors (Lipinski definition) is 0. The van der Waals surface area contributed by atoms with Gasteiger partial charge in [0.2, 0.25) is 0 Å². The summed E-state index contributed by atoms with van der Waals surface area (Å²) < 4.78 is 174. The molecule has 0 bridgehead atoms. The summed E-state index contributed by atoms with van der Waals surface area (Å²) in [6.45, 7) is 0. The normalized spacial score (nSPS) is 12.5. The first-order valence-electron chi connectivity index (χ1n) is 26.1. The number of benzene rings is 10. The predicted molar refractivity (Wildman–Crippen MR) is 303 cm³/mol. The van der Waals surface area contributed by atoms with E-state index in [0.29, 0.717) is 113 Å². The van der Waals surface area contributed by atoms with Gasteiger partial charge in [-0.25, -0.2) is 9.97 Å². The molecule has 0 saturated heterocycles. The number of para-hydroxylation sites is 2. The molecule has 16 heteroatoms. The van der Waals surface area contributed by atoms with Crippen molar-refractivity contribution >= 4 is 43.6 Å². The van der Waals surface area contributed by atoms with Gasteiger partial charge < -0.3 is 9.13 Å². The number of halogens is 12. The first-order valence-corrected chi connectivity index (χ1v) is 26.1. The zero-order chi connectivity index (χ0) is 58.5. The maximum absolute atomic E-state index is 14.2. The van der Waals surface area contributed by atoms with Crippen LogP contribution in [0.25, 0.3) is 122 Å². The molecule has 10 aromatic carbocycles. The standard InChI is InChI=1S/C68H38F12N4/c69-65(70,71)47-28-45(29-48(36-47)66(72,73)74)41-22-25-62-55(33-41)52-18-7-9-20-59(52)83(62)51-17-11-16-43(32-51)54-35-44(64-81-57(39-12-3-1-4-13-39)38-58(82-64)40-14-5-2-6-15-40)24-27-61(54)84-60-21-10-8-19-53(60)56-34-42(23-26-63(56)84)46-30-49(67(75,76)77)37-50(31-46)68(78,79)80/h1-38H. The van der Waals surface area contributed by atoms with Crippen molar-refractivity contribution in [2.75, 3.05) is 0 Å². The van der Waals surface area contributed by atoms with Gasteiger partial charge in [-0.3, -0.25) is 0 Å². The Morgan fingerprint density at radius 3 is 1.14 bits per heavy atom. The van der Waals surface area contributed by atoms with Gasteiger partial charge in [0, 0.05) is 49.5 Å². The summed E-state index contributed by atoms with van der Waals surface area (Å²) in [7, 11) is 0. The maximum Gasteiger partial charge on any atom is 0.416 e. The first-order chi connectivity index (χ1) is 40.1. The largest absolute Gasteiger partial charge is 0.416 e. The molecule has 13 aromatic rings. The average Bonchev–Trinajstić information content (AvgIpc) is 2.04. The Hall–Kier alpha value is -9.96. The van der Waals surface area contributed by atoms with Gasteiger partial charge in [0.25, 0.3) is 0 Å². The molecular formula is C68H38F12N4. The van der Waals surface area contributed by atoms with Gasteiger partial charge in [-0.1, -0.05) is 121 Å². The Morgan fingerprint density at radius 2 is 0.667 bits per heavy atom. The summed E-state index contributed by atoms with van der Waals surface area (Å²) in [6.07, 6.45) is -20.3. The molecule has 0 unspecified atom stereocenters. The number of hydrogen-bond acceptors (Lipinski definition) is 2. The van der Waals surface area contributed by atoms with Gasteiger partial charge in [-0.2, -0.15) is 52.7 Å². The molecule has 0 amide bonds. The van der Waals surface area contributed by atoms with Crippen molar-refractivity contribution in [1.29, 1.82) is 0 Å². The Balaban J connectivity index is 1.03. The molecule has 84 heavy (non-hydrogen) atoms. The van der Waals surface area contributed by atoms with Gasteiger partial charge in [-0.15, -0.1) is 0 Å². The van der Waals surface area contributed by atoms with Crippen molar-refractivity contribution in [3.8, 4) is 78.7 Å². The van der Waals surface area contributed by atoms with Gasteiger partial charge in [0.1, 0.15) is 0 Å². The van der Waals surface area contributed by atoms with Gasteiger partial charge in [-0.05, 0) is 137 Å². The topological polar surface area (TPSA) is 35.6 Å². The van der Waals surface area contributed by atoms with Crippen molar-refractivity contribution in [3.63, 3.8) is 0 Å². The summed E-state index contributed by atoms with van der Waals surface area (Å²) in [5, 5.41) is 2.40. The molecule has 0 radical (unpaired) electrons. The van der Waals surface area contributed by atoms with E-state index in [-0.39, 0.29) is 34.4 Å². The van der Waals surface area contributed by atoms with Crippen LogP contribution in [-0.2, 0) is 24.7 Å². The third-order valence-corrected chi connectivity index (χ3v) is 15.0. The van der Waals surface area contributed by atoms with E-state index in [1.807, 2.05) is 155 Å². The van der Waals surface area contributed by atoms with Gasteiger partial charge in [0.15, 0.2) is 5.82 Å². The molecule has 0 fully saturated rings. The second kappa shape index (κ2) is 19.9. The van der Waals surface area contributed by atoms with Crippen LogP contribution in [0.4, 0.5) is 52.7 Å². The Labute approximate surface area is 469 Å². The Bertz CT molecular complexity index is 4600. The molecule has 4 nitrogen and oxygen atoms in total. The maximum atomic E-state index is 14.2. The van der Waals surface area contributed by atoms with E-state index >= 15 is 0 Å². The minimum absolute atomic E-state index is 0.0963. The summed E-state index contributed by atoms with van der Waals surface area (Å²) in [6, 6.07) is 61.5. The molecule has 0 saturated carbocycles. The molecule has 0 N–H and O–H groups in total. The molecule has 0 atom stereocenters. The molecular weight excluding hydrogens is 1100 g/mol. The third kappa shape index (κ3) is 9.76. The van der Waals surface area contributed by atoms with Crippen LogP contribution in [0.15, 0.2) is 231 Å². The molecule has 414 valence electrons. The van der Waals surface area contributed by atoms with Crippen LogP contribution in [0.2, 0.25) is 0 Å². The van der Waals surface area contributed by atoms with Crippen LogP contribution < -0.4 is 0 Å². The highest BCUT2D eigenvalue weighted by Gasteiger charge is 2.39. The van der Waals surface area contributed by atoms with Crippen molar-refractivity contribution in [1.82, 2.24) is 19.1 Å². The highest BCUT2D eigenvalue weighted by molar-refractivity contribution is 6.12. The smallest absolute Gasteiger partial charge is 0.309 e. The lowest BCUT2D eigenvalue weighted by Crippen LogP contribution is -2.11. The molecule has 0 aliphatic carbocycles. The lowest BCUT2D eigenvalue weighted by molar-refractivity contribution is -0.144. The molecule has 0 aliphatic rings. The zero-order valence-corrected chi connectivity index (χ0v) is 43.3. The number of nitrogens with zero attached hydrogens (tertiary/aromatic N) is 4. The summed E-state index contributed by atoms with van der Waals surface area (Å²) in [5.41, 5.74) is 2.55. The lowest BCUT2D eigenvalue weighted by atomic mass is 9.97. The lowest BCUT2D eigenvalue weighted by Gasteiger charge is -2.18. The van der Waals surface area contributed by atoms with Crippen LogP contribution in [0.5, 0.6) is 0 Å². The van der Waals surface area contributed by atoms with E-state index in [1.165, 1.54) is 12.1 Å². The van der Waals surface area contributed by atoms with E-state index in [0.717, 1.165) is 11.1 Å². The minimum Gasteiger partial charge on any atom is -0.309 e. The van der Waals surface area contributed by atoms with Crippen molar-refractivity contribution in [3.05, 3.63) is 253 Å². The number of rotatable bonds is 8. The average molecular weight is 1140 g/mol. The van der Waals surface area contributed by atoms with Crippen LogP contribution in [0.3, 0.4) is 0 Å². The SMILES string of the molecule is FC(F)(F)c1cc(-c2ccc3c(c2)c2ccccc2n3-c2cccc(-c3cc(-c4nc(-c5ccccc5)cc(-c5ccccc5)n4)ccc3-n3c4ccccc4c4cc(-c5cc(C(F)(F)F)cc(C(F)(F)F)c5)ccc43)c2)cc(C(F)(F)F)c1. The predicted octanol–water partition coefficient (Wildman–Crippen LogP) is 20.7. The summed E-state index contributed by atoms with van der Waals surface area (Å²) in [4.78, 5) is 10.2. The molecule has 13 rings (SSSR count). The second-order valence-corrected chi connectivity index (χ2v) is 20.2. The van der Waals surface area contributed by atoms with Crippen LogP contribution in [-0.4, -0.2) is 19.1 Å². The third-order valence-electron chi connectivity index (χ3n) is 15.0. The molecule has 3 aromatic heterocycles. The quantitative estimate of drug-likeness (QED) is 0.142. The fourth-order valence-electron chi connectivity index (χ4n) is 11.1. The first kappa shape index (κ1) is 53.4. The highest BCUT2D eigenvalue weighted by Crippen LogP contribution is 2.45. The fourth-order valence-corrected chi connectivity index (χ4v) is 11.1. The second-order valence-electron chi connectivity index (χ2n) is 20.2. The van der Waals surface area contributed by atoms with Crippen molar-refractivity contribution in [2.24, 2.45) is 0 Å².